The number of hydrogen-bond donors (Lipinski definition) is 1. The van der Waals surface area contributed by atoms with E-state index in [1.807, 2.05) is 19.1 Å². The summed E-state index contributed by atoms with van der Waals surface area (Å²) in [6, 6.07) is 14.0. The molecule has 2 heteroatoms. The maximum Gasteiger partial charge on any atom is 0.128 e. The zero-order valence-corrected chi connectivity index (χ0v) is 13.1. The summed E-state index contributed by atoms with van der Waals surface area (Å²) in [5.74, 6) is -0.115. The monoisotopic (exact) mass is 285 g/mol. The molecule has 0 aliphatic heterocycles. The van der Waals surface area contributed by atoms with E-state index in [1.165, 1.54) is 11.1 Å². The lowest BCUT2D eigenvalue weighted by Crippen LogP contribution is -2.25. The largest absolute Gasteiger partial charge is 0.310 e. The van der Waals surface area contributed by atoms with E-state index in [9.17, 15) is 4.39 Å². The molecule has 0 saturated carbocycles. The topological polar surface area (TPSA) is 12.0 Å². The molecule has 112 valence electrons. The molecule has 0 saturated heterocycles. The lowest BCUT2D eigenvalue weighted by Gasteiger charge is -2.20. The second-order valence-corrected chi connectivity index (χ2v) is 5.72. The highest BCUT2D eigenvalue weighted by Crippen LogP contribution is 2.23. The number of aryl methyl sites for hydroxylation is 2. The van der Waals surface area contributed by atoms with Crippen molar-refractivity contribution in [3.8, 4) is 0 Å². The first-order chi connectivity index (χ1) is 10.1. The fourth-order valence-electron chi connectivity index (χ4n) is 2.60. The third-order valence-corrected chi connectivity index (χ3v) is 3.69. The van der Waals surface area contributed by atoms with Crippen LogP contribution in [0.15, 0.2) is 42.5 Å². The van der Waals surface area contributed by atoms with Crippen LogP contribution in [0, 0.1) is 19.7 Å². The highest BCUT2D eigenvalue weighted by Gasteiger charge is 2.15. The van der Waals surface area contributed by atoms with Gasteiger partial charge in [-0.3, -0.25) is 0 Å². The number of nitrogens with one attached hydrogen (secondary N) is 1. The predicted molar refractivity (Wildman–Crippen MR) is 87.1 cm³/mol. The van der Waals surface area contributed by atoms with Crippen molar-refractivity contribution in [3.05, 3.63) is 70.5 Å². The first kappa shape index (κ1) is 15.7. The van der Waals surface area contributed by atoms with E-state index in [2.05, 4.69) is 43.4 Å². The van der Waals surface area contributed by atoms with Gasteiger partial charge in [0.2, 0.25) is 0 Å². The first-order valence-corrected chi connectivity index (χ1v) is 7.65. The second kappa shape index (κ2) is 7.37. The normalized spacial score (nSPS) is 12.4. The van der Waals surface area contributed by atoms with Crippen LogP contribution in [0.5, 0.6) is 0 Å². The van der Waals surface area contributed by atoms with Crippen LogP contribution in [0.4, 0.5) is 4.39 Å². The summed E-state index contributed by atoms with van der Waals surface area (Å²) in [5.41, 5.74) is 4.20. The van der Waals surface area contributed by atoms with Gasteiger partial charge in [-0.25, -0.2) is 4.39 Å². The quantitative estimate of drug-likeness (QED) is 0.809. The molecule has 1 N–H and O–H groups in total. The molecule has 0 aliphatic rings. The third kappa shape index (κ3) is 4.40. The average molecular weight is 285 g/mol. The van der Waals surface area contributed by atoms with Crippen LogP contribution in [0.3, 0.4) is 0 Å². The minimum Gasteiger partial charge on any atom is -0.310 e. The van der Waals surface area contributed by atoms with Crippen molar-refractivity contribution in [3.63, 3.8) is 0 Å². The third-order valence-electron chi connectivity index (χ3n) is 3.69. The minimum absolute atomic E-state index is 0.0207. The van der Waals surface area contributed by atoms with Gasteiger partial charge in [0.25, 0.3) is 0 Å². The Morgan fingerprint density at radius 1 is 1.05 bits per heavy atom. The lowest BCUT2D eigenvalue weighted by atomic mass is 9.96. The van der Waals surface area contributed by atoms with Crippen LogP contribution in [0.1, 0.15) is 41.6 Å². The van der Waals surface area contributed by atoms with Crippen LogP contribution in [0.25, 0.3) is 0 Å². The zero-order valence-electron chi connectivity index (χ0n) is 13.1. The predicted octanol–water partition coefficient (Wildman–Crippen LogP) is 4.73. The Balaban J connectivity index is 2.25. The number of hydrogen-bond acceptors (Lipinski definition) is 1. The summed E-state index contributed by atoms with van der Waals surface area (Å²) < 4.78 is 14.3. The Morgan fingerprint density at radius 3 is 2.48 bits per heavy atom. The number of halogens is 1. The molecular weight excluding hydrogens is 261 g/mol. The minimum atomic E-state index is -0.115. The standard InChI is InChI=1S/C19H24FN/c1-4-10-21-19(13-16-7-5-6-14(2)11-16)17-9-8-15(3)12-18(17)20/h5-9,11-12,19,21H,4,10,13H2,1-3H3. The molecule has 0 aromatic heterocycles. The van der Waals surface area contributed by atoms with Gasteiger partial charge in [-0.1, -0.05) is 48.9 Å². The van der Waals surface area contributed by atoms with Crippen LogP contribution < -0.4 is 5.32 Å². The molecule has 0 heterocycles. The molecule has 0 fully saturated rings. The molecule has 1 atom stereocenters. The maximum atomic E-state index is 14.3. The summed E-state index contributed by atoms with van der Waals surface area (Å²) in [5, 5.41) is 3.47. The van der Waals surface area contributed by atoms with Gasteiger partial charge in [0.05, 0.1) is 0 Å². The van der Waals surface area contributed by atoms with Crippen molar-refractivity contribution in [2.75, 3.05) is 6.54 Å². The van der Waals surface area contributed by atoms with Gasteiger partial charge in [0.1, 0.15) is 5.82 Å². The molecule has 0 radical (unpaired) electrons. The van der Waals surface area contributed by atoms with E-state index in [0.717, 1.165) is 30.5 Å². The van der Waals surface area contributed by atoms with Gasteiger partial charge < -0.3 is 5.32 Å². The molecule has 0 amide bonds. The molecule has 2 aromatic carbocycles. The average Bonchev–Trinajstić information content (AvgIpc) is 2.44. The summed E-state index contributed by atoms with van der Waals surface area (Å²) in [7, 11) is 0. The smallest absolute Gasteiger partial charge is 0.128 e. The van der Waals surface area contributed by atoms with Crippen molar-refractivity contribution in [2.24, 2.45) is 0 Å². The molecule has 1 unspecified atom stereocenters. The fourth-order valence-corrected chi connectivity index (χ4v) is 2.60. The summed E-state index contributed by atoms with van der Waals surface area (Å²) in [4.78, 5) is 0. The van der Waals surface area contributed by atoms with E-state index >= 15 is 0 Å². The molecule has 1 nitrogen and oxygen atoms in total. The highest BCUT2D eigenvalue weighted by atomic mass is 19.1. The van der Waals surface area contributed by atoms with Crippen LogP contribution in [-0.4, -0.2) is 6.54 Å². The van der Waals surface area contributed by atoms with E-state index in [4.69, 9.17) is 0 Å². The number of benzene rings is 2. The van der Waals surface area contributed by atoms with Crippen molar-refractivity contribution in [1.29, 1.82) is 0 Å². The van der Waals surface area contributed by atoms with Crippen LogP contribution >= 0.6 is 0 Å². The molecule has 21 heavy (non-hydrogen) atoms. The maximum absolute atomic E-state index is 14.3. The van der Waals surface area contributed by atoms with Crippen LogP contribution in [0.2, 0.25) is 0 Å². The van der Waals surface area contributed by atoms with Crippen molar-refractivity contribution in [2.45, 2.75) is 39.7 Å². The molecule has 0 bridgehead atoms. The van der Waals surface area contributed by atoms with E-state index < -0.39 is 0 Å². The molecule has 2 aromatic rings. The molecular formula is C19H24FN. The Bertz CT molecular complexity index is 592. The lowest BCUT2D eigenvalue weighted by molar-refractivity contribution is 0.496. The Labute approximate surface area is 127 Å². The summed E-state index contributed by atoms with van der Waals surface area (Å²) in [6.45, 7) is 7.03. The van der Waals surface area contributed by atoms with Gasteiger partial charge in [-0.05, 0) is 50.4 Å². The summed E-state index contributed by atoms with van der Waals surface area (Å²) >= 11 is 0. The summed E-state index contributed by atoms with van der Waals surface area (Å²) in [6.07, 6.45) is 1.85. The van der Waals surface area contributed by atoms with Crippen molar-refractivity contribution in [1.82, 2.24) is 5.32 Å². The van der Waals surface area contributed by atoms with E-state index in [1.54, 1.807) is 6.07 Å². The Kier molecular flexibility index (Phi) is 5.51. The van der Waals surface area contributed by atoms with Crippen molar-refractivity contribution < 1.29 is 4.39 Å². The Hall–Kier alpha value is -1.67. The highest BCUT2D eigenvalue weighted by molar-refractivity contribution is 5.29. The fraction of sp³-hybridized carbons (Fsp3) is 0.368. The van der Waals surface area contributed by atoms with Gasteiger partial charge in [0, 0.05) is 11.6 Å². The van der Waals surface area contributed by atoms with Gasteiger partial charge in [-0.15, -0.1) is 0 Å². The molecule has 0 spiro atoms. The SMILES string of the molecule is CCCNC(Cc1cccc(C)c1)c1ccc(C)cc1F. The first-order valence-electron chi connectivity index (χ1n) is 7.65. The van der Waals surface area contributed by atoms with Crippen molar-refractivity contribution >= 4 is 0 Å². The Morgan fingerprint density at radius 2 is 1.81 bits per heavy atom. The molecule has 2 rings (SSSR count). The van der Waals surface area contributed by atoms with Gasteiger partial charge in [0.15, 0.2) is 0 Å². The molecule has 0 aliphatic carbocycles. The van der Waals surface area contributed by atoms with Gasteiger partial charge in [-0.2, -0.15) is 0 Å². The van der Waals surface area contributed by atoms with Gasteiger partial charge >= 0.3 is 0 Å². The second-order valence-electron chi connectivity index (χ2n) is 5.72. The number of rotatable bonds is 6. The van der Waals surface area contributed by atoms with E-state index in [-0.39, 0.29) is 11.9 Å². The van der Waals surface area contributed by atoms with Crippen LogP contribution in [-0.2, 0) is 6.42 Å². The zero-order chi connectivity index (χ0) is 15.2. The van der Waals surface area contributed by atoms with E-state index in [0.29, 0.717) is 0 Å².